The number of nitrogens with zero attached hydrogens (tertiary/aromatic N) is 1. The zero-order chi connectivity index (χ0) is 16.5. The molecule has 0 saturated heterocycles. The maximum absolute atomic E-state index is 12.7. The molecule has 122 valence electrons. The fraction of sp³-hybridized carbons (Fsp3) is 0.533. The van der Waals surface area contributed by atoms with Crippen LogP contribution < -0.4 is 4.74 Å². The van der Waals surface area contributed by atoms with Crippen LogP contribution in [0.2, 0.25) is 0 Å². The summed E-state index contributed by atoms with van der Waals surface area (Å²) in [6, 6.07) is 3.22. The molecule has 22 heavy (non-hydrogen) atoms. The molecule has 7 heteroatoms. The Hall–Kier alpha value is -1.24. The normalized spacial score (nSPS) is 18.6. The number of benzene rings is 1. The summed E-state index contributed by atoms with van der Waals surface area (Å²) in [5.41, 5.74) is 1.87. The van der Waals surface area contributed by atoms with Crippen molar-refractivity contribution in [1.29, 1.82) is 0 Å². The molecule has 0 fully saturated rings. The lowest BCUT2D eigenvalue weighted by Crippen LogP contribution is -2.46. The Bertz CT molecular complexity index is 575. The van der Waals surface area contributed by atoms with Gasteiger partial charge in [0.25, 0.3) is 0 Å². The van der Waals surface area contributed by atoms with E-state index in [0.29, 0.717) is 25.2 Å². The lowest BCUT2D eigenvalue weighted by atomic mass is 10.0. The molecule has 0 radical (unpaired) electrons. The van der Waals surface area contributed by atoms with Crippen molar-refractivity contribution >= 4 is 21.8 Å². The Labute approximate surface area is 135 Å². The van der Waals surface area contributed by atoms with Gasteiger partial charge < -0.3 is 9.64 Å². The summed E-state index contributed by atoms with van der Waals surface area (Å²) in [4.78, 5) is 12.4. The van der Waals surface area contributed by atoms with E-state index in [1.54, 1.807) is 6.92 Å². The molecule has 1 heterocycles. The lowest BCUT2D eigenvalue weighted by molar-refractivity contribution is -0.187. The van der Waals surface area contributed by atoms with Crippen LogP contribution >= 0.6 is 15.9 Å². The van der Waals surface area contributed by atoms with Crippen molar-refractivity contribution in [2.75, 3.05) is 13.2 Å². The number of carbonyl (C=O) groups is 1. The van der Waals surface area contributed by atoms with Crippen LogP contribution in [-0.2, 0) is 17.6 Å². The highest BCUT2D eigenvalue weighted by Gasteiger charge is 2.44. The van der Waals surface area contributed by atoms with Gasteiger partial charge in [0.2, 0.25) is 0 Å². The number of rotatable bonds is 2. The van der Waals surface area contributed by atoms with Crippen LogP contribution in [0.1, 0.15) is 25.0 Å². The first kappa shape index (κ1) is 17.1. The number of alkyl halides is 3. The molecule has 1 aliphatic rings. The molecule has 1 aliphatic heterocycles. The predicted octanol–water partition coefficient (Wildman–Crippen LogP) is 3.73. The Morgan fingerprint density at radius 3 is 2.68 bits per heavy atom. The van der Waals surface area contributed by atoms with Crippen LogP contribution in [0.5, 0.6) is 5.75 Å². The van der Waals surface area contributed by atoms with Gasteiger partial charge in [0.15, 0.2) is 0 Å². The first-order valence-electron chi connectivity index (χ1n) is 7.06. The van der Waals surface area contributed by atoms with E-state index in [-0.39, 0.29) is 6.54 Å². The van der Waals surface area contributed by atoms with Gasteiger partial charge in [-0.1, -0.05) is 0 Å². The average molecular weight is 380 g/mol. The predicted molar refractivity (Wildman–Crippen MR) is 79.9 cm³/mol. The van der Waals surface area contributed by atoms with Gasteiger partial charge in [0.1, 0.15) is 5.75 Å². The molecule has 0 spiro atoms. The molecular weight excluding hydrogens is 363 g/mol. The summed E-state index contributed by atoms with van der Waals surface area (Å²) in [6.45, 7) is 4.07. The number of carbonyl (C=O) groups excluding carboxylic acids is 1. The van der Waals surface area contributed by atoms with Gasteiger partial charge in [-0.05, 0) is 65.9 Å². The standard InChI is InChI=1S/C15H17BrF3NO2/c1-3-22-13-8-10-4-5-20(14(21)15(17,18)19)9(2)6-11(10)7-12(13)16/h7-9H,3-6H2,1-2H3. The number of hydrogen-bond donors (Lipinski definition) is 0. The smallest absolute Gasteiger partial charge is 0.471 e. The summed E-state index contributed by atoms with van der Waals surface area (Å²) in [6.07, 6.45) is -4.06. The maximum Gasteiger partial charge on any atom is 0.471 e. The molecule has 0 saturated carbocycles. The van der Waals surface area contributed by atoms with Crippen LogP contribution in [0.4, 0.5) is 13.2 Å². The largest absolute Gasteiger partial charge is 0.493 e. The van der Waals surface area contributed by atoms with Crippen LogP contribution in [0.15, 0.2) is 16.6 Å². The van der Waals surface area contributed by atoms with E-state index in [1.165, 1.54) is 0 Å². The van der Waals surface area contributed by atoms with Crippen LogP contribution in [0, 0.1) is 0 Å². The molecular formula is C15H17BrF3NO2. The molecule has 1 unspecified atom stereocenters. The molecule has 0 N–H and O–H groups in total. The second-order valence-corrected chi connectivity index (χ2v) is 6.14. The molecule has 0 bridgehead atoms. The average Bonchev–Trinajstić information content (AvgIpc) is 2.56. The number of amides is 1. The summed E-state index contributed by atoms with van der Waals surface area (Å²) < 4.78 is 44.3. The molecule has 3 nitrogen and oxygen atoms in total. The SMILES string of the molecule is CCOc1cc2c(cc1Br)CC(C)N(C(=O)C(F)(F)F)CC2. The molecule has 2 rings (SSSR count). The summed E-state index contributed by atoms with van der Waals surface area (Å²) in [5.74, 6) is -1.10. The minimum absolute atomic E-state index is 0.0553. The van der Waals surface area contributed by atoms with Crippen LogP contribution in [0.25, 0.3) is 0 Å². The Morgan fingerprint density at radius 2 is 2.09 bits per heavy atom. The van der Waals surface area contributed by atoms with E-state index in [0.717, 1.165) is 20.5 Å². The minimum Gasteiger partial charge on any atom is -0.493 e. The van der Waals surface area contributed by atoms with Gasteiger partial charge in [0, 0.05) is 12.6 Å². The lowest BCUT2D eigenvalue weighted by Gasteiger charge is -2.27. The van der Waals surface area contributed by atoms with E-state index in [2.05, 4.69) is 15.9 Å². The second-order valence-electron chi connectivity index (χ2n) is 5.28. The van der Waals surface area contributed by atoms with Crippen molar-refractivity contribution in [3.8, 4) is 5.75 Å². The van der Waals surface area contributed by atoms with Crippen molar-refractivity contribution in [3.05, 3.63) is 27.7 Å². The third-order valence-corrected chi connectivity index (χ3v) is 4.35. The van der Waals surface area contributed by atoms with Gasteiger partial charge in [-0.3, -0.25) is 4.79 Å². The minimum atomic E-state index is -4.83. The summed E-state index contributed by atoms with van der Waals surface area (Å²) in [7, 11) is 0. The number of ether oxygens (including phenoxy) is 1. The third-order valence-electron chi connectivity index (χ3n) is 3.73. The number of hydrogen-bond acceptors (Lipinski definition) is 2. The zero-order valence-electron chi connectivity index (χ0n) is 12.3. The van der Waals surface area contributed by atoms with Crippen molar-refractivity contribution < 1.29 is 22.7 Å². The number of halogens is 4. The molecule has 1 amide bonds. The van der Waals surface area contributed by atoms with Gasteiger partial charge in [-0.15, -0.1) is 0 Å². The van der Waals surface area contributed by atoms with Gasteiger partial charge in [-0.25, -0.2) is 0 Å². The summed E-state index contributed by atoms with van der Waals surface area (Å²) in [5, 5.41) is 0. The topological polar surface area (TPSA) is 29.5 Å². The van der Waals surface area contributed by atoms with E-state index < -0.39 is 18.1 Å². The van der Waals surface area contributed by atoms with Gasteiger partial charge in [-0.2, -0.15) is 13.2 Å². The van der Waals surface area contributed by atoms with Gasteiger partial charge >= 0.3 is 12.1 Å². The maximum atomic E-state index is 12.7. The highest BCUT2D eigenvalue weighted by molar-refractivity contribution is 9.10. The summed E-state index contributed by atoms with van der Waals surface area (Å²) >= 11 is 3.41. The number of fused-ring (bicyclic) bond motifs is 1. The molecule has 0 aromatic heterocycles. The second kappa shape index (κ2) is 6.48. The zero-order valence-corrected chi connectivity index (χ0v) is 13.9. The highest BCUT2D eigenvalue weighted by Crippen LogP contribution is 2.32. The van der Waals surface area contributed by atoms with Crippen molar-refractivity contribution in [2.24, 2.45) is 0 Å². The van der Waals surface area contributed by atoms with Crippen LogP contribution in [0.3, 0.4) is 0 Å². The molecule has 1 atom stereocenters. The third kappa shape index (κ3) is 3.56. The fourth-order valence-electron chi connectivity index (χ4n) is 2.68. The molecule has 1 aromatic rings. The van der Waals surface area contributed by atoms with E-state index in [4.69, 9.17) is 4.74 Å². The first-order valence-corrected chi connectivity index (χ1v) is 7.85. The molecule has 0 aliphatic carbocycles. The van der Waals surface area contributed by atoms with Gasteiger partial charge in [0.05, 0.1) is 11.1 Å². The first-order chi connectivity index (χ1) is 10.2. The molecule has 1 aromatic carbocycles. The van der Waals surface area contributed by atoms with Crippen LogP contribution in [-0.4, -0.2) is 36.2 Å². The van der Waals surface area contributed by atoms with E-state index in [1.807, 2.05) is 19.1 Å². The van der Waals surface area contributed by atoms with E-state index >= 15 is 0 Å². The van der Waals surface area contributed by atoms with Crippen molar-refractivity contribution in [1.82, 2.24) is 4.90 Å². The fourth-order valence-corrected chi connectivity index (χ4v) is 3.19. The Kier molecular flexibility index (Phi) is 5.04. The monoisotopic (exact) mass is 379 g/mol. The van der Waals surface area contributed by atoms with Crippen molar-refractivity contribution in [3.63, 3.8) is 0 Å². The quantitative estimate of drug-likeness (QED) is 0.783. The van der Waals surface area contributed by atoms with Crippen molar-refractivity contribution in [2.45, 2.75) is 38.9 Å². The highest BCUT2D eigenvalue weighted by atomic mass is 79.9. The Balaban J connectivity index is 2.28. The van der Waals surface area contributed by atoms with E-state index in [9.17, 15) is 18.0 Å². The Morgan fingerprint density at radius 1 is 1.41 bits per heavy atom.